The van der Waals surface area contributed by atoms with Gasteiger partial charge in [-0.3, -0.25) is 4.79 Å². The van der Waals surface area contributed by atoms with Crippen LogP contribution in [-0.2, 0) is 4.79 Å². The van der Waals surface area contributed by atoms with Crippen LogP contribution in [0.1, 0.15) is 16.8 Å². The monoisotopic (exact) mass is 323 g/mol. The molecule has 0 saturated heterocycles. The van der Waals surface area contributed by atoms with Gasteiger partial charge in [-0.25, -0.2) is 13.6 Å². The number of rotatable bonds is 6. The second-order valence-electron chi connectivity index (χ2n) is 3.89. The van der Waals surface area contributed by atoms with Crippen LogP contribution in [0.4, 0.5) is 8.78 Å². The number of carbonyl (C=O) groups is 2. The Morgan fingerprint density at radius 2 is 2.00 bits per heavy atom. The first kappa shape index (κ1) is 16.7. The zero-order valence-electron chi connectivity index (χ0n) is 10.5. The molecule has 0 bridgehead atoms. The van der Waals surface area contributed by atoms with Crippen LogP contribution in [0.3, 0.4) is 0 Å². The van der Waals surface area contributed by atoms with Gasteiger partial charge in [0.2, 0.25) is 0 Å². The predicted molar refractivity (Wildman–Crippen MR) is 73.3 cm³/mol. The van der Waals surface area contributed by atoms with Gasteiger partial charge in [-0.05, 0) is 30.6 Å². The maximum Gasteiger partial charge on any atom is 0.326 e. The molecule has 1 rings (SSSR count). The lowest BCUT2D eigenvalue weighted by molar-refractivity contribution is -0.139. The topological polar surface area (TPSA) is 66.4 Å². The van der Waals surface area contributed by atoms with Gasteiger partial charge in [-0.2, -0.15) is 11.8 Å². The molecular formula is C12H12ClF2NO3S. The first-order chi connectivity index (χ1) is 9.36. The van der Waals surface area contributed by atoms with Crippen molar-refractivity contribution in [2.45, 2.75) is 12.5 Å². The number of benzene rings is 1. The Balaban J connectivity index is 2.89. The van der Waals surface area contributed by atoms with Crippen molar-refractivity contribution in [1.29, 1.82) is 0 Å². The molecule has 1 aromatic carbocycles. The molecule has 4 nitrogen and oxygen atoms in total. The average Bonchev–Trinajstić information content (AvgIpc) is 2.38. The van der Waals surface area contributed by atoms with E-state index in [1.807, 2.05) is 0 Å². The Labute approximate surface area is 123 Å². The number of carboxylic acid groups (broad SMARTS) is 1. The second kappa shape index (κ2) is 7.44. The standard InChI is InChI=1S/C12H12ClF2NO3S/c1-20-3-2-10(12(18)19)16-11(17)6-4-8(14)9(15)5-7(6)13/h4-5,10H,2-3H2,1H3,(H,16,17)(H,18,19)/t10-/m1/s1. The van der Waals surface area contributed by atoms with Crippen LogP contribution >= 0.6 is 23.4 Å². The third kappa shape index (κ3) is 4.35. The number of amides is 1. The molecule has 0 aliphatic rings. The fourth-order valence-electron chi connectivity index (χ4n) is 1.43. The van der Waals surface area contributed by atoms with Gasteiger partial charge in [0.15, 0.2) is 11.6 Å². The van der Waals surface area contributed by atoms with Gasteiger partial charge in [-0.1, -0.05) is 11.6 Å². The third-order valence-electron chi connectivity index (χ3n) is 2.47. The van der Waals surface area contributed by atoms with E-state index in [1.54, 1.807) is 6.26 Å². The van der Waals surface area contributed by atoms with Crippen LogP contribution in [0, 0.1) is 11.6 Å². The highest BCUT2D eigenvalue weighted by Gasteiger charge is 2.22. The van der Waals surface area contributed by atoms with Crippen molar-refractivity contribution in [1.82, 2.24) is 5.32 Å². The molecule has 110 valence electrons. The van der Waals surface area contributed by atoms with E-state index in [0.29, 0.717) is 17.9 Å². The highest BCUT2D eigenvalue weighted by Crippen LogP contribution is 2.20. The van der Waals surface area contributed by atoms with Crippen LogP contribution in [0.2, 0.25) is 5.02 Å². The van der Waals surface area contributed by atoms with Gasteiger partial charge in [0.25, 0.3) is 5.91 Å². The summed E-state index contributed by atoms with van der Waals surface area (Å²) in [5.74, 6) is -3.93. The third-order valence-corrected chi connectivity index (χ3v) is 3.43. The smallest absolute Gasteiger partial charge is 0.326 e. The van der Waals surface area contributed by atoms with Crippen molar-refractivity contribution in [2.75, 3.05) is 12.0 Å². The summed E-state index contributed by atoms with van der Waals surface area (Å²) in [6.07, 6.45) is 2.01. The highest BCUT2D eigenvalue weighted by molar-refractivity contribution is 7.98. The lowest BCUT2D eigenvalue weighted by atomic mass is 10.1. The van der Waals surface area contributed by atoms with Gasteiger partial charge in [0.1, 0.15) is 6.04 Å². The van der Waals surface area contributed by atoms with Crippen molar-refractivity contribution >= 4 is 35.2 Å². The molecule has 0 unspecified atom stereocenters. The summed E-state index contributed by atoms with van der Waals surface area (Å²) in [7, 11) is 0. The van der Waals surface area contributed by atoms with Gasteiger partial charge in [0, 0.05) is 0 Å². The minimum atomic E-state index is -1.23. The molecule has 0 spiro atoms. The largest absolute Gasteiger partial charge is 0.480 e. The molecule has 20 heavy (non-hydrogen) atoms. The second-order valence-corrected chi connectivity index (χ2v) is 5.28. The minimum absolute atomic E-state index is 0.212. The van der Waals surface area contributed by atoms with E-state index in [1.165, 1.54) is 11.8 Å². The number of carboxylic acids is 1. The SMILES string of the molecule is CSCC[C@@H](NC(=O)c1cc(F)c(F)cc1Cl)C(=O)O. The molecule has 0 fully saturated rings. The molecule has 1 atom stereocenters. The summed E-state index contributed by atoms with van der Waals surface area (Å²) in [6, 6.07) is 0.198. The summed E-state index contributed by atoms with van der Waals surface area (Å²) in [4.78, 5) is 22.8. The van der Waals surface area contributed by atoms with E-state index >= 15 is 0 Å². The lowest BCUT2D eigenvalue weighted by Crippen LogP contribution is -2.41. The molecule has 2 N–H and O–H groups in total. The summed E-state index contributed by atoms with van der Waals surface area (Å²) in [5, 5.41) is 10.9. The number of carbonyl (C=O) groups excluding carboxylic acids is 1. The van der Waals surface area contributed by atoms with E-state index in [9.17, 15) is 18.4 Å². The van der Waals surface area contributed by atoms with E-state index in [0.717, 1.165) is 0 Å². The Kier molecular flexibility index (Phi) is 6.22. The normalized spacial score (nSPS) is 12.0. The summed E-state index contributed by atoms with van der Waals surface area (Å²) in [5.41, 5.74) is -0.305. The van der Waals surface area contributed by atoms with Crippen LogP contribution in [-0.4, -0.2) is 35.0 Å². The molecule has 8 heteroatoms. The lowest BCUT2D eigenvalue weighted by Gasteiger charge is -2.14. The van der Waals surface area contributed by atoms with E-state index in [2.05, 4.69) is 5.32 Å². The highest BCUT2D eigenvalue weighted by atomic mass is 35.5. The summed E-state index contributed by atoms with van der Waals surface area (Å²) in [6.45, 7) is 0. The first-order valence-electron chi connectivity index (χ1n) is 5.54. The molecule has 0 saturated carbocycles. The van der Waals surface area contributed by atoms with Crippen molar-refractivity contribution in [3.8, 4) is 0 Å². The fraction of sp³-hybridized carbons (Fsp3) is 0.333. The molecule has 0 heterocycles. The van der Waals surface area contributed by atoms with E-state index in [4.69, 9.17) is 16.7 Å². The summed E-state index contributed by atoms with van der Waals surface area (Å²) < 4.78 is 26.0. The van der Waals surface area contributed by atoms with Crippen LogP contribution in [0.25, 0.3) is 0 Å². The molecular weight excluding hydrogens is 312 g/mol. The maximum atomic E-state index is 13.1. The van der Waals surface area contributed by atoms with Crippen LogP contribution in [0.15, 0.2) is 12.1 Å². The average molecular weight is 324 g/mol. The summed E-state index contributed by atoms with van der Waals surface area (Å²) >= 11 is 7.07. The number of nitrogens with one attached hydrogen (secondary N) is 1. The Morgan fingerprint density at radius 1 is 1.40 bits per heavy atom. The molecule has 1 aromatic rings. The van der Waals surface area contributed by atoms with Gasteiger partial charge in [0.05, 0.1) is 10.6 Å². The van der Waals surface area contributed by atoms with Crippen molar-refractivity contribution < 1.29 is 23.5 Å². The zero-order chi connectivity index (χ0) is 15.3. The van der Waals surface area contributed by atoms with Crippen LogP contribution < -0.4 is 5.32 Å². The maximum absolute atomic E-state index is 13.1. The first-order valence-corrected chi connectivity index (χ1v) is 7.31. The van der Waals surface area contributed by atoms with Gasteiger partial charge < -0.3 is 10.4 Å². The molecule has 0 aliphatic heterocycles. The van der Waals surface area contributed by atoms with E-state index in [-0.39, 0.29) is 17.0 Å². The fourth-order valence-corrected chi connectivity index (χ4v) is 2.13. The van der Waals surface area contributed by atoms with Crippen LogP contribution in [0.5, 0.6) is 0 Å². The molecule has 0 aliphatic carbocycles. The number of halogens is 3. The Bertz CT molecular complexity index is 528. The minimum Gasteiger partial charge on any atom is -0.480 e. The Morgan fingerprint density at radius 3 is 2.55 bits per heavy atom. The molecule has 1 amide bonds. The quantitative estimate of drug-likeness (QED) is 0.790. The number of thioether (sulfide) groups is 1. The zero-order valence-corrected chi connectivity index (χ0v) is 12.0. The van der Waals surface area contributed by atoms with Crippen molar-refractivity contribution in [3.63, 3.8) is 0 Å². The number of hydrogen-bond acceptors (Lipinski definition) is 3. The molecule has 0 radical (unpaired) electrons. The van der Waals surface area contributed by atoms with Gasteiger partial charge in [-0.15, -0.1) is 0 Å². The van der Waals surface area contributed by atoms with Gasteiger partial charge >= 0.3 is 5.97 Å². The van der Waals surface area contributed by atoms with E-state index < -0.39 is 29.6 Å². The number of aliphatic carboxylic acids is 1. The van der Waals surface area contributed by atoms with Crippen molar-refractivity contribution in [3.05, 3.63) is 34.4 Å². The predicted octanol–water partition coefficient (Wildman–Crippen LogP) is 2.55. The van der Waals surface area contributed by atoms with Crippen molar-refractivity contribution in [2.24, 2.45) is 0 Å². The molecule has 0 aromatic heterocycles. The Hall–Kier alpha value is -1.34. The number of hydrogen-bond donors (Lipinski definition) is 2.